The first-order chi connectivity index (χ1) is 3.27. The summed E-state index contributed by atoms with van der Waals surface area (Å²) in [5.41, 5.74) is 4.87. The van der Waals surface area contributed by atoms with E-state index >= 15 is 0 Å². The smallest absolute Gasteiger partial charge is 0.0662 e. The van der Waals surface area contributed by atoms with Crippen molar-refractivity contribution in [3.8, 4) is 0 Å². The van der Waals surface area contributed by atoms with Crippen molar-refractivity contribution in [1.29, 1.82) is 0 Å². The quantitative estimate of drug-likeness (QED) is 0.508. The fourth-order valence-electron chi connectivity index (χ4n) is 0.663. The highest BCUT2D eigenvalue weighted by atomic mass is 16.3. The van der Waals surface area contributed by atoms with Gasteiger partial charge in [-0.3, -0.25) is 0 Å². The van der Waals surface area contributed by atoms with E-state index in [1.54, 1.807) is 0 Å². The number of nitrogens with two attached hydrogens (primary N) is 1. The summed E-state index contributed by atoms with van der Waals surface area (Å²) in [4.78, 5) is 0. The lowest BCUT2D eigenvalue weighted by atomic mass is 10.2. The number of hydrogen-bond acceptors (Lipinski definition) is 2. The number of rotatable bonds is 2. The molecule has 0 heterocycles. The van der Waals surface area contributed by atoms with Crippen LogP contribution in [-0.2, 0) is 0 Å². The van der Waals surface area contributed by atoms with E-state index in [1.807, 2.05) is 0 Å². The van der Waals surface area contributed by atoms with Crippen LogP contribution in [0.1, 0.15) is 19.3 Å². The molecule has 0 saturated heterocycles. The van der Waals surface area contributed by atoms with E-state index in [4.69, 9.17) is 10.8 Å². The number of hydrogen-bond donors (Lipinski definition) is 2. The Labute approximate surface area is 43.3 Å². The maximum atomic E-state index is 9.05. The fraction of sp³-hybridized carbons (Fsp3) is 1.00. The minimum Gasteiger partial charge on any atom is -0.390 e. The second kappa shape index (κ2) is 1.46. The summed E-state index contributed by atoms with van der Waals surface area (Å²) in [5, 5.41) is 9.05. The molecule has 1 rings (SSSR count). The molecule has 0 spiro atoms. The Balaban J connectivity index is 2.13. The first-order valence-corrected chi connectivity index (χ1v) is 2.69. The minimum atomic E-state index is -0.325. The summed E-state index contributed by atoms with van der Waals surface area (Å²) in [6, 6.07) is 0. The molecule has 0 bridgehead atoms. The molecule has 0 atom stereocenters. The molecule has 0 radical (unpaired) electrons. The summed E-state index contributed by atoms with van der Waals surface area (Å²) in [6.45, 7) is 0.622. The van der Waals surface area contributed by atoms with Crippen LogP contribution in [0, 0.1) is 0 Å². The lowest BCUT2D eigenvalue weighted by Crippen LogP contribution is -2.13. The van der Waals surface area contributed by atoms with Gasteiger partial charge >= 0.3 is 0 Å². The largest absolute Gasteiger partial charge is 0.390 e. The second-order valence-electron chi connectivity index (χ2n) is 2.26. The van der Waals surface area contributed by atoms with E-state index < -0.39 is 0 Å². The maximum absolute atomic E-state index is 9.05. The van der Waals surface area contributed by atoms with E-state index in [9.17, 15) is 0 Å². The van der Waals surface area contributed by atoms with Crippen LogP contribution < -0.4 is 5.73 Å². The van der Waals surface area contributed by atoms with Crippen molar-refractivity contribution in [3.63, 3.8) is 0 Å². The lowest BCUT2D eigenvalue weighted by Gasteiger charge is -2.00. The van der Waals surface area contributed by atoms with Crippen LogP contribution in [0.4, 0.5) is 0 Å². The highest BCUT2D eigenvalue weighted by molar-refractivity contribution is 4.92. The molecule has 7 heavy (non-hydrogen) atoms. The Morgan fingerprint density at radius 2 is 2.14 bits per heavy atom. The molecule has 0 amide bonds. The van der Waals surface area contributed by atoms with Gasteiger partial charge in [-0.15, -0.1) is 0 Å². The molecule has 42 valence electrons. The Morgan fingerprint density at radius 1 is 1.57 bits per heavy atom. The van der Waals surface area contributed by atoms with E-state index in [2.05, 4.69) is 0 Å². The van der Waals surface area contributed by atoms with E-state index in [1.165, 1.54) is 0 Å². The third-order valence-electron chi connectivity index (χ3n) is 1.44. The van der Waals surface area contributed by atoms with Gasteiger partial charge in [-0.05, 0) is 25.8 Å². The van der Waals surface area contributed by atoms with E-state index in [0.29, 0.717) is 6.54 Å². The van der Waals surface area contributed by atoms with Crippen LogP contribution in [0.5, 0.6) is 0 Å². The standard InChI is InChI=1S/C5H11NO/c6-4-3-5(7)1-2-5/h7H,1-4,6H2. The Morgan fingerprint density at radius 3 is 2.29 bits per heavy atom. The molecule has 3 N–H and O–H groups in total. The third-order valence-corrected chi connectivity index (χ3v) is 1.44. The van der Waals surface area contributed by atoms with Crippen LogP contribution in [0.25, 0.3) is 0 Å². The molecule has 2 nitrogen and oxygen atoms in total. The van der Waals surface area contributed by atoms with Gasteiger partial charge in [0, 0.05) is 0 Å². The molecule has 0 aromatic carbocycles. The summed E-state index contributed by atoms with van der Waals surface area (Å²) in [5.74, 6) is 0. The van der Waals surface area contributed by atoms with Crippen LogP contribution in [-0.4, -0.2) is 17.3 Å². The summed E-state index contributed by atoms with van der Waals surface area (Å²) >= 11 is 0. The van der Waals surface area contributed by atoms with Crippen LogP contribution in [0.3, 0.4) is 0 Å². The van der Waals surface area contributed by atoms with Gasteiger partial charge in [0.15, 0.2) is 0 Å². The lowest BCUT2D eigenvalue weighted by molar-refractivity contribution is 0.143. The molecule has 0 aromatic rings. The first kappa shape index (κ1) is 5.06. The Bertz CT molecular complexity index is 68.5. The van der Waals surface area contributed by atoms with Crippen molar-refractivity contribution in [3.05, 3.63) is 0 Å². The van der Waals surface area contributed by atoms with E-state index in [0.717, 1.165) is 19.3 Å². The summed E-state index contributed by atoms with van der Waals surface area (Å²) in [6.07, 6.45) is 2.71. The zero-order valence-corrected chi connectivity index (χ0v) is 4.35. The molecule has 2 heteroatoms. The third kappa shape index (κ3) is 1.14. The van der Waals surface area contributed by atoms with Crippen molar-refractivity contribution >= 4 is 0 Å². The average molecular weight is 101 g/mol. The van der Waals surface area contributed by atoms with Crippen LogP contribution in [0.15, 0.2) is 0 Å². The van der Waals surface area contributed by atoms with Gasteiger partial charge in [0.1, 0.15) is 0 Å². The molecule has 1 saturated carbocycles. The zero-order valence-electron chi connectivity index (χ0n) is 4.35. The fourth-order valence-corrected chi connectivity index (χ4v) is 0.663. The average Bonchev–Trinajstić information content (AvgIpc) is 2.22. The molecular weight excluding hydrogens is 90.1 g/mol. The molecule has 0 aliphatic heterocycles. The van der Waals surface area contributed by atoms with Gasteiger partial charge in [-0.1, -0.05) is 0 Å². The Hall–Kier alpha value is -0.0800. The van der Waals surface area contributed by atoms with Gasteiger partial charge in [-0.2, -0.15) is 0 Å². The van der Waals surface area contributed by atoms with Crippen molar-refractivity contribution in [2.45, 2.75) is 24.9 Å². The number of aliphatic hydroxyl groups is 1. The summed E-state index contributed by atoms with van der Waals surface area (Å²) < 4.78 is 0. The molecule has 1 fully saturated rings. The molecule has 0 aromatic heterocycles. The molecule has 0 unspecified atom stereocenters. The second-order valence-corrected chi connectivity index (χ2v) is 2.26. The van der Waals surface area contributed by atoms with Crippen LogP contribution in [0.2, 0.25) is 0 Å². The summed E-state index contributed by atoms with van der Waals surface area (Å²) in [7, 11) is 0. The topological polar surface area (TPSA) is 46.2 Å². The van der Waals surface area contributed by atoms with Gasteiger partial charge in [0.05, 0.1) is 5.60 Å². The molecule has 1 aliphatic carbocycles. The highest BCUT2D eigenvalue weighted by Crippen LogP contribution is 2.37. The maximum Gasteiger partial charge on any atom is 0.0662 e. The van der Waals surface area contributed by atoms with Crippen molar-refractivity contribution in [1.82, 2.24) is 0 Å². The van der Waals surface area contributed by atoms with Gasteiger partial charge in [-0.25, -0.2) is 0 Å². The monoisotopic (exact) mass is 101 g/mol. The minimum absolute atomic E-state index is 0.325. The predicted molar refractivity (Wildman–Crippen MR) is 27.9 cm³/mol. The highest BCUT2D eigenvalue weighted by Gasteiger charge is 2.38. The van der Waals surface area contributed by atoms with Gasteiger partial charge in [0.2, 0.25) is 0 Å². The van der Waals surface area contributed by atoms with Gasteiger partial charge in [0.25, 0.3) is 0 Å². The normalized spacial score (nSPS) is 24.9. The molecular formula is C5H11NO. The van der Waals surface area contributed by atoms with E-state index in [-0.39, 0.29) is 5.60 Å². The Kier molecular flexibility index (Phi) is 1.05. The SMILES string of the molecule is NCCC1(O)CC1. The van der Waals surface area contributed by atoms with Crippen LogP contribution >= 0.6 is 0 Å². The first-order valence-electron chi connectivity index (χ1n) is 2.69. The zero-order chi connectivity index (χ0) is 5.33. The van der Waals surface area contributed by atoms with Crippen molar-refractivity contribution in [2.24, 2.45) is 5.73 Å². The van der Waals surface area contributed by atoms with Gasteiger partial charge < -0.3 is 10.8 Å². The van der Waals surface area contributed by atoms with Crippen molar-refractivity contribution < 1.29 is 5.11 Å². The predicted octanol–water partition coefficient (Wildman–Crippen LogP) is -0.140. The van der Waals surface area contributed by atoms with Crippen molar-refractivity contribution in [2.75, 3.05) is 6.54 Å². The molecule has 1 aliphatic rings.